The Morgan fingerprint density at radius 3 is 2.69 bits per heavy atom. The Kier molecular flexibility index (Phi) is 3.97. The van der Waals surface area contributed by atoms with Crippen LogP contribution in [0.4, 0.5) is 0 Å². The van der Waals surface area contributed by atoms with E-state index in [0.29, 0.717) is 12.1 Å². The maximum Gasteiger partial charge on any atom is 0.0700 e. The highest BCUT2D eigenvalue weighted by molar-refractivity contribution is 5.26. The highest BCUT2D eigenvalue weighted by Crippen LogP contribution is 2.15. The van der Waals surface area contributed by atoms with Crippen LogP contribution in [0.15, 0.2) is 24.3 Å². The molecule has 1 aliphatic heterocycles. The van der Waals surface area contributed by atoms with E-state index in [9.17, 15) is 0 Å². The van der Waals surface area contributed by atoms with E-state index < -0.39 is 0 Å². The Labute approximate surface area is 98.0 Å². The molecule has 1 heterocycles. The molecule has 1 aromatic rings. The molecule has 1 aliphatic rings. The minimum absolute atomic E-state index is 0.355. The van der Waals surface area contributed by atoms with Gasteiger partial charge in [0.05, 0.1) is 6.10 Å². The van der Waals surface area contributed by atoms with Gasteiger partial charge in [0, 0.05) is 19.2 Å². The molecule has 0 radical (unpaired) electrons. The van der Waals surface area contributed by atoms with Gasteiger partial charge in [0.25, 0.3) is 0 Å². The number of hydrogen-bond donors (Lipinski definition) is 1. The summed E-state index contributed by atoms with van der Waals surface area (Å²) in [4.78, 5) is 0. The Morgan fingerprint density at radius 1 is 1.31 bits per heavy atom. The molecule has 0 aliphatic carbocycles. The molecule has 0 bridgehead atoms. The van der Waals surface area contributed by atoms with Crippen LogP contribution in [-0.2, 0) is 17.7 Å². The van der Waals surface area contributed by atoms with Crippen LogP contribution >= 0.6 is 0 Å². The minimum atomic E-state index is 0.355. The molecule has 16 heavy (non-hydrogen) atoms. The van der Waals surface area contributed by atoms with Crippen LogP contribution in [0.3, 0.4) is 0 Å². The molecule has 88 valence electrons. The van der Waals surface area contributed by atoms with E-state index in [2.05, 4.69) is 43.4 Å². The van der Waals surface area contributed by atoms with E-state index in [4.69, 9.17) is 4.74 Å². The van der Waals surface area contributed by atoms with Gasteiger partial charge in [-0.2, -0.15) is 0 Å². The Bertz CT molecular complexity index is 337. The first-order valence-electron chi connectivity index (χ1n) is 6.23. The summed E-state index contributed by atoms with van der Waals surface area (Å²) < 4.78 is 5.55. The lowest BCUT2D eigenvalue weighted by Gasteiger charge is -2.17. The minimum Gasteiger partial charge on any atom is -0.377 e. The van der Waals surface area contributed by atoms with E-state index in [-0.39, 0.29) is 0 Å². The molecule has 2 rings (SSSR count). The molecular weight excluding hydrogens is 198 g/mol. The smallest absolute Gasteiger partial charge is 0.0700 e. The second-order valence-corrected chi connectivity index (χ2v) is 4.47. The predicted octanol–water partition coefficient (Wildman–Crippen LogP) is 2.52. The van der Waals surface area contributed by atoms with Gasteiger partial charge in [0.15, 0.2) is 0 Å². The Hall–Kier alpha value is -0.860. The van der Waals surface area contributed by atoms with Gasteiger partial charge < -0.3 is 10.1 Å². The molecule has 0 amide bonds. The quantitative estimate of drug-likeness (QED) is 0.840. The monoisotopic (exact) mass is 219 g/mol. The average molecular weight is 219 g/mol. The number of rotatable bonds is 4. The van der Waals surface area contributed by atoms with Crippen LogP contribution in [0.1, 0.15) is 31.4 Å². The standard InChI is InChI=1S/C14H21NO/c1-3-12-6-4-5-7-13(12)10-15-14-8-9-16-11(14)2/h4-7,11,14-15H,3,8-10H2,1-2H3. The van der Waals surface area contributed by atoms with E-state index >= 15 is 0 Å². The normalized spacial score (nSPS) is 24.9. The zero-order valence-corrected chi connectivity index (χ0v) is 10.2. The SMILES string of the molecule is CCc1ccccc1CNC1CCOC1C. The fourth-order valence-corrected chi connectivity index (χ4v) is 2.32. The number of hydrogen-bond acceptors (Lipinski definition) is 2. The number of ether oxygens (including phenoxy) is 1. The third kappa shape index (κ3) is 2.63. The van der Waals surface area contributed by atoms with Gasteiger partial charge in [-0.3, -0.25) is 0 Å². The first-order valence-corrected chi connectivity index (χ1v) is 6.23. The van der Waals surface area contributed by atoms with Gasteiger partial charge in [0.2, 0.25) is 0 Å². The molecule has 0 aromatic heterocycles. The topological polar surface area (TPSA) is 21.3 Å². The first-order chi connectivity index (χ1) is 7.81. The van der Waals surface area contributed by atoms with Crippen molar-refractivity contribution in [3.8, 4) is 0 Å². The Balaban J connectivity index is 1.93. The summed E-state index contributed by atoms with van der Waals surface area (Å²) >= 11 is 0. The molecule has 2 heteroatoms. The molecule has 1 aromatic carbocycles. The van der Waals surface area contributed by atoms with E-state index in [1.807, 2.05) is 0 Å². The molecular formula is C14H21NO. The zero-order valence-electron chi connectivity index (χ0n) is 10.2. The lowest BCUT2D eigenvalue weighted by molar-refractivity contribution is 0.113. The lowest BCUT2D eigenvalue weighted by Crippen LogP contribution is -2.34. The third-order valence-corrected chi connectivity index (χ3v) is 3.43. The van der Waals surface area contributed by atoms with Crippen LogP contribution in [0, 0.1) is 0 Å². The van der Waals surface area contributed by atoms with Crippen LogP contribution in [0.25, 0.3) is 0 Å². The van der Waals surface area contributed by atoms with Crippen molar-refractivity contribution in [3.05, 3.63) is 35.4 Å². The van der Waals surface area contributed by atoms with Gasteiger partial charge in [-0.25, -0.2) is 0 Å². The summed E-state index contributed by atoms with van der Waals surface area (Å²) in [5.41, 5.74) is 2.87. The largest absolute Gasteiger partial charge is 0.377 e. The molecule has 2 unspecified atom stereocenters. The van der Waals surface area contributed by atoms with Crippen LogP contribution in [0.5, 0.6) is 0 Å². The summed E-state index contributed by atoms with van der Waals surface area (Å²) in [5.74, 6) is 0. The molecule has 2 atom stereocenters. The van der Waals surface area contributed by atoms with Crippen molar-refractivity contribution in [3.63, 3.8) is 0 Å². The lowest BCUT2D eigenvalue weighted by atomic mass is 10.0. The predicted molar refractivity (Wildman–Crippen MR) is 66.5 cm³/mol. The van der Waals surface area contributed by atoms with Gasteiger partial charge in [0.1, 0.15) is 0 Å². The molecule has 1 N–H and O–H groups in total. The third-order valence-electron chi connectivity index (χ3n) is 3.43. The van der Waals surface area contributed by atoms with Gasteiger partial charge in [-0.15, -0.1) is 0 Å². The molecule has 2 nitrogen and oxygen atoms in total. The number of aryl methyl sites for hydroxylation is 1. The van der Waals surface area contributed by atoms with E-state index in [0.717, 1.165) is 26.0 Å². The first kappa shape index (κ1) is 11.6. The van der Waals surface area contributed by atoms with Crippen molar-refractivity contribution in [2.24, 2.45) is 0 Å². The summed E-state index contributed by atoms with van der Waals surface area (Å²) in [7, 11) is 0. The van der Waals surface area contributed by atoms with Crippen LogP contribution in [-0.4, -0.2) is 18.8 Å². The molecule has 0 saturated carbocycles. The van der Waals surface area contributed by atoms with Crippen molar-refractivity contribution in [1.29, 1.82) is 0 Å². The average Bonchev–Trinajstić information content (AvgIpc) is 2.72. The van der Waals surface area contributed by atoms with Crippen molar-refractivity contribution < 1.29 is 4.74 Å². The highest BCUT2D eigenvalue weighted by Gasteiger charge is 2.23. The fourth-order valence-electron chi connectivity index (χ4n) is 2.32. The summed E-state index contributed by atoms with van der Waals surface area (Å²) in [5, 5.41) is 3.60. The second-order valence-electron chi connectivity index (χ2n) is 4.47. The summed E-state index contributed by atoms with van der Waals surface area (Å²) in [6.45, 7) is 6.22. The zero-order chi connectivity index (χ0) is 11.4. The summed E-state index contributed by atoms with van der Waals surface area (Å²) in [6.07, 6.45) is 2.60. The fraction of sp³-hybridized carbons (Fsp3) is 0.571. The van der Waals surface area contributed by atoms with Crippen molar-refractivity contribution >= 4 is 0 Å². The van der Waals surface area contributed by atoms with Crippen molar-refractivity contribution in [2.45, 2.75) is 45.4 Å². The van der Waals surface area contributed by atoms with E-state index in [1.165, 1.54) is 11.1 Å². The van der Waals surface area contributed by atoms with E-state index in [1.54, 1.807) is 0 Å². The Morgan fingerprint density at radius 2 is 2.06 bits per heavy atom. The maximum atomic E-state index is 5.55. The number of nitrogens with one attached hydrogen (secondary N) is 1. The summed E-state index contributed by atoms with van der Waals surface area (Å²) in [6, 6.07) is 9.18. The van der Waals surface area contributed by atoms with Crippen molar-refractivity contribution in [1.82, 2.24) is 5.32 Å². The second kappa shape index (κ2) is 5.46. The van der Waals surface area contributed by atoms with Gasteiger partial charge in [-0.05, 0) is 30.9 Å². The molecule has 1 saturated heterocycles. The molecule has 1 fully saturated rings. The number of benzene rings is 1. The maximum absolute atomic E-state index is 5.55. The van der Waals surface area contributed by atoms with Crippen LogP contribution < -0.4 is 5.32 Å². The van der Waals surface area contributed by atoms with Crippen molar-refractivity contribution in [2.75, 3.05) is 6.61 Å². The van der Waals surface area contributed by atoms with Crippen LogP contribution in [0.2, 0.25) is 0 Å². The van der Waals surface area contributed by atoms with Gasteiger partial charge in [-0.1, -0.05) is 31.2 Å². The van der Waals surface area contributed by atoms with Gasteiger partial charge >= 0.3 is 0 Å². The highest BCUT2D eigenvalue weighted by atomic mass is 16.5. The molecule has 0 spiro atoms.